The van der Waals surface area contributed by atoms with Gasteiger partial charge >= 0.3 is 0 Å². The van der Waals surface area contributed by atoms with Crippen LogP contribution in [0.5, 0.6) is 5.75 Å². The van der Waals surface area contributed by atoms with E-state index >= 15 is 0 Å². The topological polar surface area (TPSA) is 82.3 Å². The Kier molecular flexibility index (Phi) is 4.88. The average molecular weight is 392 g/mol. The van der Waals surface area contributed by atoms with E-state index in [1.54, 1.807) is 6.07 Å². The Labute approximate surface area is 136 Å². The molecule has 1 heterocycles. The van der Waals surface area contributed by atoms with E-state index in [1.807, 2.05) is 19.1 Å². The third-order valence-corrected chi connectivity index (χ3v) is 4.25. The number of nitrogens with two attached hydrogens (primary N) is 1. The van der Waals surface area contributed by atoms with Crippen LogP contribution in [-0.4, -0.2) is 13.4 Å². The van der Waals surface area contributed by atoms with Crippen LogP contribution >= 0.6 is 27.5 Å². The van der Waals surface area contributed by atoms with Gasteiger partial charge in [0.15, 0.2) is 5.75 Å². The van der Waals surface area contributed by atoms with Crippen LogP contribution in [-0.2, 0) is 16.6 Å². The molecular formula is C13H12BrClN2O3S. The quantitative estimate of drug-likeness (QED) is 0.868. The van der Waals surface area contributed by atoms with Crippen LogP contribution in [0, 0.1) is 6.92 Å². The summed E-state index contributed by atoms with van der Waals surface area (Å²) in [7, 11) is -3.95. The molecule has 0 atom stereocenters. The van der Waals surface area contributed by atoms with Crippen molar-refractivity contribution < 1.29 is 13.2 Å². The summed E-state index contributed by atoms with van der Waals surface area (Å²) in [5.74, 6) is 0.0191. The second-order valence-electron chi connectivity index (χ2n) is 4.32. The number of benzene rings is 1. The Morgan fingerprint density at radius 2 is 2.10 bits per heavy atom. The second kappa shape index (κ2) is 6.31. The Bertz CT molecular complexity index is 781. The maximum Gasteiger partial charge on any atom is 0.241 e. The number of ether oxygens (including phenoxy) is 1. The van der Waals surface area contributed by atoms with Gasteiger partial charge in [0.25, 0.3) is 0 Å². The second-order valence-corrected chi connectivity index (χ2v) is 7.17. The fourth-order valence-corrected chi connectivity index (χ4v) is 3.50. The Morgan fingerprint density at radius 1 is 1.38 bits per heavy atom. The first-order valence-electron chi connectivity index (χ1n) is 5.84. The Balaban J connectivity index is 2.36. The molecule has 0 radical (unpaired) electrons. The summed E-state index contributed by atoms with van der Waals surface area (Å²) in [6.45, 7) is 1.94. The molecule has 2 aromatic rings. The van der Waals surface area contributed by atoms with Crippen LogP contribution in [0.2, 0.25) is 5.02 Å². The van der Waals surface area contributed by atoms with E-state index in [0.29, 0.717) is 10.2 Å². The van der Waals surface area contributed by atoms with Crippen LogP contribution in [0.15, 0.2) is 39.7 Å². The zero-order chi connectivity index (χ0) is 15.6. The van der Waals surface area contributed by atoms with Crippen LogP contribution in [0.4, 0.5) is 0 Å². The van der Waals surface area contributed by atoms with Crippen molar-refractivity contribution in [2.75, 3.05) is 0 Å². The molecule has 0 bridgehead atoms. The zero-order valence-corrected chi connectivity index (χ0v) is 14.2. The summed E-state index contributed by atoms with van der Waals surface area (Å²) >= 11 is 9.22. The molecule has 0 saturated heterocycles. The van der Waals surface area contributed by atoms with Crippen molar-refractivity contribution in [3.8, 4) is 5.75 Å². The highest BCUT2D eigenvalue weighted by Gasteiger charge is 2.19. The molecule has 2 N–H and O–H groups in total. The normalized spacial score (nSPS) is 11.4. The number of pyridine rings is 1. The molecule has 0 aliphatic heterocycles. The summed E-state index contributed by atoms with van der Waals surface area (Å²) < 4.78 is 29.3. The van der Waals surface area contributed by atoms with E-state index in [-0.39, 0.29) is 22.3 Å². The van der Waals surface area contributed by atoms with Gasteiger partial charge in [0.2, 0.25) is 10.0 Å². The number of rotatable bonds is 4. The fourth-order valence-electron chi connectivity index (χ4n) is 1.71. The summed E-state index contributed by atoms with van der Waals surface area (Å²) in [5.41, 5.74) is 1.50. The maximum atomic E-state index is 11.6. The molecule has 1 aromatic heterocycles. The summed E-state index contributed by atoms with van der Waals surface area (Å²) in [6, 6.07) is 8.35. The molecular weight excluding hydrogens is 380 g/mol. The van der Waals surface area contributed by atoms with Gasteiger partial charge in [-0.25, -0.2) is 13.6 Å². The zero-order valence-electron chi connectivity index (χ0n) is 11.0. The lowest BCUT2D eigenvalue weighted by atomic mass is 10.3. The molecule has 1 aromatic carbocycles. The minimum absolute atomic E-state index is 0.0191. The van der Waals surface area contributed by atoms with Crippen LogP contribution < -0.4 is 9.88 Å². The predicted octanol–water partition coefficient (Wildman–Crippen LogP) is 3.03. The molecule has 5 nitrogen and oxygen atoms in total. The molecule has 0 unspecified atom stereocenters. The van der Waals surface area contributed by atoms with E-state index < -0.39 is 10.0 Å². The number of aromatic nitrogens is 1. The van der Waals surface area contributed by atoms with E-state index in [0.717, 1.165) is 5.69 Å². The number of aryl methyl sites for hydroxylation is 1. The number of hydrogen-bond donors (Lipinski definition) is 1. The van der Waals surface area contributed by atoms with E-state index in [1.165, 1.54) is 12.1 Å². The van der Waals surface area contributed by atoms with E-state index in [4.69, 9.17) is 21.5 Å². The highest BCUT2D eigenvalue weighted by Crippen LogP contribution is 2.35. The summed E-state index contributed by atoms with van der Waals surface area (Å²) in [4.78, 5) is 4.10. The van der Waals surface area contributed by atoms with Gasteiger partial charge in [-0.15, -0.1) is 0 Å². The van der Waals surface area contributed by atoms with Crippen molar-refractivity contribution in [2.45, 2.75) is 18.4 Å². The SMILES string of the molecule is Cc1cccc(COc2c(Cl)cc(Br)cc2S(N)(=O)=O)n1. The molecule has 0 spiro atoms. The molecule has 112 valence electrons. The highest BCUT2D eigenvalue weighted by atomic mass is 79.9. The smallest absolute Gasteiger partial charge is 0.241 e. The van der Waals surface area contributed by atoms with Crippen molar-refractivity contribution in [3.05, 3.63) is 51.2 Å². The third-order valence-electron chi connectivity index (χ3n) is 2.59. The van der Waals surface area contributed by atoms with Gasteiger partial charge in [-0.2, -0.15) is 0 Å². The van der Waals surface area contributed by atoms with Gasteiger partial charge in [0.1, 0.15) is 11.5 Å². The third kappa shape index (κ3) is 4.16. The van der Waals surface area contributed by atoms with Crippen molar-refractivity contribution in [1.29, 1.82) is 0 Å². The van der Waals surface area contributed by atoms with Gasteiger partial charge in [0.05, 0.1) is 10.7 Å². The van der Waals surface area contributed by atoms with Crippen LogP contribution in [0.1, 0.15) is 11.4 Å². The lowest BCUT2D eigenvalue weighted by Crippen LogP contribution is -2.14. The Hall–Kier alpha value is -1.15. The molecule has 2 rings (SSSR count). The molecule has 0 saturated carbocycles. The van der Waals surface area contributed by atoms with Crippen LogP contribution in [0.25, 0.3) is 0 Å². The lowest BCUT2D eigenvalue weighted by Gasteiger charge is -2.12. The standard InChI is InChI=1S/C13H12BrClN2O3S/c1-8-3-2-4-10(17-8)7-20-13-11(15)5-9(14)6-12(13)21(16,18)19/h2-6H,7H2,1H3,(H2,16,18,19). The first-order valence-corrected chi connectivity index (χ1v) is 8.56. The van der Waals surface area contributed by atoms with Gasteiger partial charge in [0, 0.05) is 10.2 Å². The minimum atomic E-state index is -3.95. The molecule has 8 heteroatoms. The van der Waals surface area contributed by atoms with Crippen molar-refractivity contribution in [3.63, 3.8) is 0 Å². The van der Waals surface area contributed by atoms with E-state index in [2.05, 4.69) is 20.9 Å². The molecule has 0 aliphatic carbocycles. The highest BCUT2D eigenvalue weighted by molar-refractivity contribution is 9.10. The average Bonchev–Trinajstić information content (AvgIpc) is 2.36. The first-order chi connectivity index (χ1) is 9.77. The monoisotopic (exact) mass is 390 g/mol. The number of sulfonamides is 1. The Morgan fingerprint density at radius 3 is 2.71 bits per heavy atom. The summed E-state index contributed by atoms with van der Waals surface area (Å²) in [6.07, 6.45) is 0. The predicted molar refractivity (Wildman–Crippen MR) is 83.8 cm³/mol. The fraction of sp³-hybridized carbons (Fsp3) is 0.154. The number of hydrogen-bond acceptors (Lipinski definition) is 4. The number of halogens is 2. The maximum absolute atomic E-state index is 11.6. The first kappa shape index (κ1) is 16.2. The van der Waals surface area contributed by atoms with E-state index in [9.17, 15) is 8.42 Å². The molecule has 0 aliphatic rings. The van der Waals surface area contributed by atoms with Gasteiger partial charge < -0.3 is 4.74 Å². The van der Waals surface area contributed by atoms with Gasteiger partial charge in [-0.05, 0) is 31.2 Å². The number of nitrogens with zero attached hydrogens (tertiary/aromatic N) is 1. The van der Waals surface area contributed by atoms with Crippen molar-refractivity contribution in [1.82, 2.24) is 4.98 Å². The van der Waals surface area contributed by atoms with Crippen molar-refractivity contribution in [2.24, 2.45) is 5.14 Å². The van der Waals surface area contributed by atoms with Crippen LogP contribution in [0.3, 0.4) is 0 Å². The lowest BCUT2D eigenvalue weighted by molar-refractivity contribution is 0.293. The minimum Gasteiger partial charge on any atom is -0.484 e. The molecule has 0 fully saturated rings. The largest absolute Gasteiger partial charge is 0.484 e. The molecule has 0 amide bonds. The van der Waals surface area contributed by atoms with Gasteiger partial charge in [-0.1, -0.05) is 33.6 Å². The number of primary sulfonamides is 1. The van der Waals surface area contributed by atoms with Gasteiger partial charge in [-0.3, -0.25) is 4.98 Å². The molecule has 21 heavy (non-hydrogen) atoms. The summed E-state index contributed by atoms with van der Waals surface area (Å²) in [5, 5.41) is 5.34. The van der Waals surface area contributed by atoms with Crippen molar-refractivity contribution >= 4 is 37.6 Å².